The Morgan fingerprint density at radius 2 is 0.865 bits per heavy atom. The van der Waals surface area contributed by atoms with Crippen molar-refractivity contribution in [2.75, 3.05) is 13.2 Å². The first-order valence-electron chi connectivity index (χ1n) is 15.9. The molecule has 0 radical (unpaired) electrons. The van der Waals surface area contributed by atoms with Crippen molar-refractivity contribution < 1.29 is 14.2 Å². The molecule has 0 fully saturated rings. The summed E-state index contributed by atoms with van der Waals surface area (Å²) in [4.78, 5) is 1.21. The summed E-state index contributed by atoms with van der Waals surface area (Å²) in [5, 5.41) is 0. The van der Waals surface area contributed by atoms with E-state index < -0.39 is 0 Å². The van der Waals surface area contributed by atoms with Gasteiger partial charge in [-0.15, -0.1) is 0 Å². The summed E-state index contributed by atoms with van der Waals surface area (Å²) >= 11 is 7.31. The van der Waals surface area contributed by atoms with Crippen molar-refractivity contribution in [3.63, 3.8) is 0 Å². The van der Waals surface area contributed by atoms with Gasteiger partial charge in [-0.2, -0.15) is 0 Å². The first kappa shape index (κ1) is 37.8. The van der Waals surface area contributed by atoms with Crippen LogP contribution in [0.5, 0.6) is 0 Å². The molecule has 0 aromatic carbocycles. The number of alkyl halides is 2. The molecule has 0 bridgehead atoms. The highest BCUT2D eigenvalue weighted by molar-refractivity contribution is 9.09. The maximum absolute atomic E-state index is 6.56. The van der Waals surface area contributed by atoms with Gasteiger partial charge in [-0.25, -0.2) is 0 Å². The zero-order valence-corrected chi connectivity index (χ0v) is 28.8. The van der Waals surface area contributed by atoms with Gasteiger partial charge >= 0.3 is 0 Å². The topological polar surface area (TPSA) is 27.7 Å². The minimum Gasteiger partial charge on any atom is -0.353 e. The molecule has 0 saturated carbocycles. The fourth-order valence-corrected chi connectivity index (χ4v) is 5.58. The zero-order valence-electron chi connectivity index (χ0n) is 25.6. The van der Waals surface area contributed by atoms with E-state index in [4.69, 9.17) is 14.2 Å². The Balaban J connectivity index is 4.81. The lowest BCUT2D eigenvalue weighted by Gasteiger charge is -2.26. The van der Waals surface area contributed by atoms with E-state index in [0.29, 0.717) is 9.65 Å². The Morgan fingerprint density at radius 1 is 0.459 bits per heavy atom. The molecular formula is C32H64Br2O3. The maximum Gasteiger partial charge on any atom is 0.160 e. The van der Waals surface area contributed by atoms with E-state index >= 15 is 0 Å². The van der Waals surface area contributed by atoms with Gasteiger partial charge in [-0.05, 0) is 63.2 Å². The average molecular weight is 657 g/mol. The highest BCUT2D eigenvalue weighted by atomic mass is 79.9. The van der Waals surface area contributed by atoms with Gasteiger partial charge in [-0.1, -0.05) is 138 Å². The van der Waals surface area contributed by atoms with Crippen LogP contribution in [0.4, 0.5) is 0 Å². The minimum absolute atomic E-state index is 0.142. The monoisotopic (exact) mass is 654 g/mol. The van der Waals surface area contributed by atoms with Crippen LogP contribution in [-0.2, 0) is 14.2 Å². The molecule has 0 N–H and O–H groups in total. The third-order valence-corrected chi connectivity index (χ3v) is 8.16. The maximum atomic E-state index is 6.56. The summed E-state index contributed by atoms with van der Waals surface area (Å²) < 4.78 is 19.2. The number of halogens is 2. The SMILES string of the molecule is CCCC(C)CCCC(OCCCCCC(C)Br)OC(CCCC(C)CCC)OCCCCCC(C)Br. The zero-order chi connectivity index (χ0) is 27.7. The van der Waals surface area contributed by atoms with E-state index in [-0.39, 0.29) is 12.6 Å². The Bertz CT molecular complexity index is 421. The molecular weight excluding hydrogens is 592 g/mol. The summed E-state index contributed by atoms with van der Waals surface area (Å²) in [6.45, 7) is 15.4. The number of hydrogen-bond acceptors (Lipinski definition) is 3. The molecule has 0 aliphatic carbocycles. The lowest BCUT2D eigenvalue weighted by atomic mass is 9.99. The summed E-state index contributed by atoms with van der Waals surface area (Å²) in [6.07, 6.45) is 21.3. The van der Waals surface area contributed by atoms with Crippen LogP contribution < -0.4 is 0 Å². The van der Waals surface area contributed by atoms with Crippen LogP contribution in [-0.4, -0.2) is 35.4 Å². The third-order valence-electron chi connectivity index (χ3n) is 7.24. The molecule has 224 valence electrons. The first-order valence-corrected chi connectivity index (χ1v) is 17.8. The van der Waals surface area contributed by atoms with Crippen LogP contribution in [0, 0.1) is 11.8 Å². The molecule has 6 atom stereocenters. The highest BCUT2D eigenvalue weighted by Gasteiger charge is 2.19. The summed E-state index contributed by atoms with van der Waals surface area (Å²) in [6, 6.07) is 0. The van der Waals surface area contributed by atoms with Gasteiger partial charge in [0, 0.05) is 22.9 Å². The quantitative estimate of drug-likeness (QED) is 0.0477. The van der Waals surface area contributed by atoms with Crippen LogP contribution >= 0.6 is 31.9 Å². The van der Waals surface area contributed by atoms with Gasteiger partial charge < -0.3 is 14.2 Å². The molecule has 0 rings (SSSR count). The van der Waals surface area contributed by atoms with E-state index in [1.54, 1.807) is 0 Å². The van der Waals surface area contributed by atoms with Crippen LogP contribution in [0.3, 0.4) is 0 Å². The van der Waals surface area contributed by atoms with E-state index in [0.717, 1.165) is 63.6 Å². The van der Waals surface area contributed by atoms with E-state index in [2.05, 4.69) is 73.4 Å². The fraction of sp³-hybridized carbons (Fsp3) is 1.00. The van der Waals surface area contributed by atoms with Crippen molar-refractivity contribution in [3.8, 4) is 0 Å². The largest absolute Gasteiger partial charge is 0.353 e. The molecule has 0 amide bonds. The van der Waals surface area contributed by atoms with Crippen molar-refractivity contribution in [2.45, 2.75) is 179 Å². The summed E-state index contributed by atoms with van der Waals surface area (Å²) in [5.41, 5.74) is 0. The number of hydrogen-bond donors (Lipinski definition) is 0. The highest BCUT2D eigenvalue weighted by Crippen LogP contribution is 2.21. The number of rotatable bonds is 28. The molecule has 0 saturated heterocycles. The standard InChI is InChI=1S/C32H64Br2O3/c1-7-17-27(3)19-15-23-31(35-25-13-9-11-21-29(5)33)37-32(24-16-20-28(4)18-8-2)36-26-14-10-12-22-30(6)34/h27-32H,7-26H2,1-6H3. The Kier molecular flexibility index (Phi) is 27.6. The van der Waals surface area contributed by atoms with Crippen LogP contribution in [0.15, 0.2) is 0 Å². The van der Waals surface area contributed by atoms with Crippen molar-refractivity contribution in [1.29, 1.82) is 0 Å². The van der Waals surface area contributed by atoms with Gasteiger partial charge in [0.05, 0.1) is 0 Å². The molecule has 0 aliphatic heterocycles. The molecule has 37 heavy (non-hydrogen) atoms. The predicted octanol–water partition coefficient (Wildman–Crippen LogP) is 11.6. The summed E-state index contributed by atoms with van der Waals surface area (Å²) in [5.74, 6) is 1.57. The molecule has 0 spiro atoms. The fourth-order valence-electron chi connectivity index (χ4n) is 4.93. The van der Waals surface area contributed by atoms with Crippen molar-refractivity contribution >= 4 is 31.9 Å². The van der Waals surface area contributed by atoms with Gasteiger partial charge in [0.25, 0.3) is 0 Å². The molecule has 6 unspecified atom stereocenters. The average Bonchev–Trinajstić information content (AvgIpc) is 2.82. The minimum atomic E-state index is -0.142. The van der Waals surface area contributed by atoms with Crippen LogP contribution in [0.2, 0.25) is 0 Å². The van der Waals surface area contributed by atoms with E-state index in [9.17, 15) is 0 Å². The van der Waals surface area contributed by atoms with Crippen molar-refractivity contribution in [1.82, 2.24) is 0 Å². The van der Waals surface area contributed by atoms with Gasteiger partial charge in [0.2, 0.25) is 0 Å². The molecule has 0 heterocycles. The molecule has 0 aromatic rings. The first-order chi connectivity index (χ1) is 17.8. The smallest absolute Gasteiger partial charge is 0.160 e. The Labute approximate surface area is 249 Å². The van der Waals surface area contributed by atoms with Gasteiger partial charge in [0.15, 0.2) is 12.6 Å². The Morgan fingerprint density at radius 3 is 1.22 bits per heavy atom. The van der Waals surface area contributed by atoms with Gasteiger partial charge in [0.1, 0.15) is 0 Å². The normalized spacial score (nSPS) is 16.9. The van der Waals surface area contributed by atoms with E-state index in [1.807, 2.05) is 0 Å². The van der Waals surface area contributed by atoms with Crippen LogP contribution in [0.1, 0.15) is 157 Å². The second-order valence-corrected chi connectivity index (χ2v) is 14.8. The number of unbranched alkanes of at least 4 members (excludes halogenated alkanes) is 4. The summed E-state index contributed by atoms with van der Waals surface area (Å²) in [7, 11) is 0. The van der Waals surface area contributed by atoms with E-state index in [1.165, 1.54) is 77.0 Å². The van der Waals surface area contributed by atoms with Crippen LogP contribution in [0.25, 0.3) is 0 Å². The molecule has 0 aliphatic rings. The second kappa shape index (κ2) is 27.0. The number of ether oxygens (including phenoxy) is 3. The lowest BCUT2D eigenvalue weighted by Crippen LogP contribution is -2.28. The van der Waals surface area contributed by atoms with Gasteiger partial charge in [-0.3, -0.25) is 0 Å². The van der Waals surface area contributed by atoms with Crippen molar-refractivity contribution in [2.24, 2.45) is 11.8 Å². The second-order valence-electron chi connectivity index (χ2n) is 11.6. The molecule has 0 aromatic heterocycles. The Hall–Kier alpha value is 0.840. The van der Waals surface area contributed by atoms with Crippen molar-refractivity contribution in [3.05, 3.63) is 0 Å². The molecule has 3 nitrogen and oxygen atoms in total. The third kappa shape index (κ3) is 26.8. The predicted molar refractivity (Wildman–Crippen MR) is 170 cm³/mol. The lowest BCUT2D eigenvalue weighted by molar-refractivity contribution is -0.250. The molecule has 5 heteroatoms.